The molecule has 2 atom stereocenters. The van der Waals surface area contributed by atoms with Crippen LogP contribution in [0.25, 0.3) is 0 Å². The monoisotopic (exact) mass is 304 g/mol. The van der Waals surface area contributed by atoms with Crippen LogP contribution in [0, 0.1) is 11.7 Å². The van der Waals surface area contributed by atoms with E-state index in [0.29, 0.717) is 18.2 Å². The van der Waals surface area contributed by atoms with Crippen molar-refractivity contribution < 1.29 is 9.18 Å². The third kappa shape index (κ3) is 3.67. The number of carbonyl (C=O) groups excluding carboxylic acids is 1. The van der Waals surface area contributed by atoms with Gasteiger partial charge in [-0.3, -0.25) is 9.69 Å². The minimum absolute atomic E-state index is 0.00877. The molecule has 1 saturated heterocycles. The van der Waals surface area contributed by atoms with Gasteiger partial charge in [0.15, 0.2) is 0 Å². The van der Waals surface area contributed by atoms with Gasteiger partial charge in [0.25, 0.3) is 0 Å². The summed E-state index contributed by atoms with van der Waals surface area (Å²) in [6.45, 7) is 1.75. The Hall–Kier alpha value is -1.42. The van der Waals surface area contributed by atoms with Crippen LogP contribution in [0.2, 0.25) is 0 Å². The first kappa shape index (κ1) is 15.5. The number of carbonyl (C=O) groups is 1. The minimum Gasteiger partial charge on any atom is -0.351 e. The first-order valence-electron chi connectivity index (χ1n) is 8.48. The molecule has 1 aliphatic carbocycles. The summed E-state index contributed by atoms with van der Waals surface area (Å²) >= 11 is 0. The van der Waals surface area contributed by atoms with Crippen LogP contribution in [0.15, 0.2) is 24.3 Å². The normalized spacial score (nSPS) is 25.5. The number of fused-ring (bicyclic) bond motifs is 1. The molecule has 1 amide bonds. The standard InChI is InChI=1S/C18H25FN2O/c19-16-9-3-1-7-15(16)12-20-18(22)13-21-11-5-8-14-6-2-4-10-17(14)21/h1,3,7,9,14,17H,2,4-6,8,10-13H2,(H,20,22)/t14-,17+/m1/s1. The number of hydrogen-bond acceptors (Lipinski definition) is 2. The molecule has 22 heavy (non-hydrogen) atoms. The number of hydrogen-bond donors (Lipinski definition) is 1. The highest BCUT2D eigenvalue weighted by atomic mass is 19.1. The van der Waals surface area contributed by atoms with Gasteiger partial charge in [0.2, 0.25) is 5.91 Å². The SMILES string of the molecule is O=C(CN1CCC[C@H]2CCCC[C@@H]21)NCc1ccccc1F. The van der Waals surface area contributed by atoms with E-state index in [-0.39, 0.29) is 18.3 Å². The van der Waals surface area contributed by atoms with Crippen molar-refractivity contribution in [1.29, 1.82) is 0 Å². The summed E-state index contributed by atoms with van der Waals surface area (Å²) in [5.41, 5.74) is 0.546. The number of piperidine rings is 1. The van der Waals surface area contributed by atoms with Crippen molar-refractivity contribution in [2.45, 2.75) is 51.1 Å². The zero-order valence-corrected chi connectivity index (χ0v) is 13.1. The molecule has 4 heteroatoms. The average molecular weight is 304 g/mol. The third-order valence-electron chi connectivity index (χ3n) is 5.14. The molecule has 0 spiro atoms. The molecule has 2 aliphatic rings. The average Bonchev–Trinajstić information content (AvgIpc) is 2.54. The lowest BCUT2D eigenvalue weighted by molar-refractivity contribution is -0.124. The maximum absolute atomic E-state index is 13.6. The molecular weight excluding hydrogens is 279 g/mol. The Morgan fingerprint density at radius 3 is 2.82 bits per heavy atom. The molecule has 2 fully saturated rings. The predicted octanol–water partition coefficient (Wildman–Crippen LogP) is 3.10. The molecule has 1 aromatic rings. The first-order chi connectivity index (χ1) is 10.7. The summed E-state index contributed by atoms with van der Waals surface area (Å²) in [6, 6.07) is 7.19. The highest BCUT2D eigenvalue weighted by molar-refractivity contribution is 5.78. The highest BCUT2D eigenvalue weighted by Gasteiger charge is 2.33. The zero-order valence-electron chi connectivity index (χ0n) is 13.1. The van der Waals surface area contributed by atoms with E-state index >= 15 is 0 Å². The number of nitrogens with zero attached hydrogens (tertiary/aromatic N) is 1. The lowest BCUT2D eigenvalue weighted by Gasteiger charge is -2.43. The molecule has 3 nitrogen and oxygen atoms in total. The van der Waals surface area contributed by atoms with Gasteiger partial charge in [0.1, 0.15) is 5.82 Å². The van der Waals surface area contributed by atoms with Crippen LogP contribution in [0.1, 0.15) is 44.1 Å². The summed E-state index contributed by atoms with van der Waals surface area (Å²) in [5, 5.41) is 2.86. The van der Waals surface area contributed by atoms with Gasteiger partial charge < -0.3 is 5.32 Å². The molecule has 120 valence electrons. The second-order valence-electron chi connectivity index (χ2n) is 6.59. The van der Waals surface area contributed by atoms with Gasteiger partial charge in [-0.15, -0.1) is 0 Å². The smallest absolute Gasteiger partial charge is 0.234 e. The van der Waals surface area contributed by atoms with E-state index in [0.717, 1.165) is 12.5 Å². The van der Waals surface area contributed by atoms with Crippen molar-refractivity contribution in [3.8, 4) is 0 Å². The maximum Gasteiger partial charge on any atom is 0.234 e. The Bertz CT molecular complexity index is 518. The molecule has 0 bridgehead atoms. The van der Waals surface area contributed by atoms with Gasteiger partial charge in [-0.2, -0.15) is 0 Å². The molecule has 0 unspecified atom stereocenters. The lowest BCUT2D eigenvalue weighted by atomic mass is 9.78. The fraction of sp³-hybridized carbons (Fsp3) is 0.611. The highest BCUT2D eigenvalue weighted by Crippen LogP contribution is 2.34. The number of likely N-dealkylation sites (tertiary alicyclic amines) is 1. The van der Waals surface area contributed by atoms with E-state index in [9.17, 15) is 9.18 Å². The second-order valence-corrected chi connectivity index (χ2v) is 6.59. The number of halogens is 1. The Labute approximate surface area is 131 Å². The molecule has 3 rings (SSSR count). The zero-order chi connectivity index (χ0) is 15.4. The Morgan fingerprint density at radius 1 is 1.18 bits per heavy atom. The third-order valence-corrected chi connectivity index (χ3v) is 5.14. The largest absolute Gasteiger partial charge is 0.351 e. The molecule has 1 N–H and O–H groups in total. The summed E-state index contributed by atoms with van der Waals surface area (Å²) in [4.78, 5) is 14.5. The second kappa shape index (κ2) is 7.23. The number of benzene rings is 1. The van der Waals surface area contributed by atoms with Crippen molar-refractivity contribution in [3.05, 3.63) is 35.6 Å². The van der Waals surface area contributed by atoms with Crippen LogP contribution < -0.4 is 5.32 Å². The Balaban J connectivity index is 1.51. The van der Waals surface area contributed by atoms with Crippen LogP contribution in [0.5, 0.6) is 0 Å². The van der Waals surface area contributed by atoms with Crippen molar-refractivity contribution >= 4 is 5.91 Å². The van der Waals surface area contributed by atoms with Gasteiger partial charge >= 0.3 is 0 Å². The lowest BCUT2D eigenvalue weighted by Crippen LogP contribution is -2.50. The maximum atomic E-state index is 13.6. The number of rotatable bonds is 4. The van der Waals surface area contributed by atoms with Gasteiger partial charge in [0.05, 0.1) is 6.54 Å². The Kier molecular flexibility index (Phi) is 5.08. The van der Waals surface area contributed by atoms with Crippen LogP contribution in [-0.2, 0) is 11.3 Å². The van der Waals surface area contributed by atoms with Crippen LogP contribution in [0.3, 0.4) is 0 Å². The summed E-state index contributed by atoms with van der Waals surface area (Å²) in [6.07, 6.45) is 7.69. The van der Waals surface area contributed by atoms with E-state index in [2.05, 4.69) is 10.2 Å². The van der Waals surface area contributed by atoms with Gasteiger partial charge in [-0.1, -0.05) is 31.0 Å². The topological polar surface area (TPSA) is 32.3 Å². The molecule has 1 aliphatic heterocycles. The molecule has 1 heterocycles. The van der Waals surface area contributed by atoms with Crippen molar-refractivity contribution in [2.24, 2.45) is 5.92 Å². The minimum atomic E-state index is -0.256. The van der Waals surface area contributed by atoms with Crippen LogP contribution in [0.4, 0.5) is 4.39 Å². The molecular formula is C18H25FN2O. The number of amides is 1. The molecule has 0 radical (unpaired) electrons. The Morgan fingerprint density at radius 2 is 1.95 bits per heavy atom. The summed E-state index contributed by atoms with van der Waals surface area (Å²) < 4.78 is 13.6. The fourth-order valence-corrected chi connectivity index (χ4v) is 4.00. The van der Waals surface area contributed by atoms with Crippen molar-refractivity contribution in [2.75, 3.05) is 13.1 Å². The van der Waals surface area contributed by atoms with E-state index in [1.807, 2.05) is 0 Å². The van der Waals surface area contributed by atoms with Gasteiger partial charge in [0, 0.05) is 18.2 Å². The van der Waals surface area contributed by atoms with E-state index in [1.165, 1.54) is 44.6 Å². The fourth-order valence-electron chi connectivity index (χ4n) is 4.00. The van der Waals surface area contributed by atoms with E-state index in [1.54, 1.807) is 18.2 Å². The molecule has 1 aromatic carbocycles. The van der Waals surface area contributed by atoms with Crippen molar-refractivity contribution in [3.63, 3.8) is 0 Å². The van der Waals surface area contributed by atoms with Gasteiger partial charge in [-0.05, 0) is 44.2 Å². The van der Waals surface area contributed by atoms with E-state index in [4.69, 9.17) is 0 Å². The van der Waals surface area contributed by atoms with Gasteiger partial charge in [-0.25, -0.2) is 4.39 Å². The predicted molar refractivity (Wildman–Crippen MR) is 84.8 cm³/mol. The van der Waals surface area contributed by atoms with E-state index < -0.39 is 0 Å². The molecule has 1 saturated carbocycles. The summed E-state index contributed by atoms with van der Waals surface area (Å²) in [5.74, 6) is 0.532. The van der Waals surface area contributed by atoms with Crippen LogP contribution >= 0.6 is 0 Å². The first-order valence-corrected chi connectivity index (χ1v) is 8.48. The number of nitrogens with one attached hydrogen (secondary N) is 1. The van der Waals surface area contributed by atoms with Crippen molar-refractivity contribution in [1.82, 2.24) is 10.2 Å². The van der Waals surface area contributed by atoms with Crippen LogP contribution in [-0.4, -0.2) is 29.9 Å². The molecule has 0 aromatic heterocycles. The quantitative estimate of drug-likeness (QED) is 0.927. The summed E-state index contributed by atoms with van der Waals surface area (Å²) in [7, 11) is 0.